The molecule has 2 rings (SSSR count). The number of aromatic hydroxyl groups is 1. The lowest BCUT2D eigenvalue weighted by Gasteiger charge is -2.12. The lowest BCUT2D eigenvalue weighted by Crippen LogP contribution is -2.13. The fourth-order valence-electron chi connectivity index (χ4n) is 1.60. The fraction of sp³-hybridized carbons (Fsp3) is 0. The lowest BCUT2D eigenvalue weighted by molar-refractivity contribution is 0.102. The van der Waals surface area contributed by atoms with Gasteiger partial charge >= 0.3 is 0 Å². The summed E-state index contributed by atoms with van der Waals surface area (Å²) in [5.74, 6) is -0.909. The molecule has 22 heavy (non-hydrogen) atoms. The van der Waals surface area contributed by atoms with Gasteiger partial charge in [0.1, 0.15) is 5.75 Å². The van der Waals surface area contributed by atoms with E-state index in [0.717, 1.165) is 0 Å². The van der Waals surface area contributed by atoms with E-state index in [9.17, 15) is 9.90 Å². The number of halogens is 6. The highest BCUT2D eigenvalue weighted by molar-refractivity contribution is 9.11. The molecule has 0 aliphatic carbocycles. The number of carbonyl (C=O) groups excluding carboxylic acids is 1. The van der Waals surface area contributed by atoms with Gasteiger partial charge in [-0.2, -0.15) is 0 Å². The van der Waals surface area contributed by atoms with Crippen LogP contribution in [-0.4, -0.2) is 11.0 Å². The third-order valence-corrected chi connectivity index (χ3v) is 5.69. The summed E-state index contributed by atoms with van der Waals surface area (Å²) in [7, 11) is 0. The molecule has 0 radical (unpaired) electrons. The van der Waals surface area contributed by atoms with Gasteiger partial charge in [0.25, 0.3) is 5.91 Å². The summed E-state index contributed by atoms with van der Waals surface area (Å²) in [6.45, 7) is 0. The Kier molecular flexibility index (Phi) is 5.91. The van der Waals surface area contributed by atoms with E-state index in [4.69, 9.17) is 46.4 Å². The molecule has 0 saturated carbocycles. The van der Waals surface area contributed by atoms with Gasteiger partial charge in [-0.3, -0.25) is 4.79 Å². The largest absolute Gasteiger partial charge is 0.506 e. The Morgan fingerprint density at radius 2 is 1.59 bits per heavy atom. The van der Waals surface area contributed by atoms with Crippen LogP contribution in [0.3, 0.4) is 0 Å². The zero-order chi connectivity index (χ0) is 16.6. The van der Waals surface area contributed by atoms with Gasteiger partial charge in [-0.1, -0.05) is 46.4 Å². The third kappa shape index (κ3) is 3.66. The maximum absolute atomic E-state index is 12.3. The molecule has 116 valence electrons. The number of rotatable bonds is 2. The molecule has 9 heteroatoms. The summed E-state index contributed by atoms with van der Waals surface area (Å²) in [4.78, 5) is 12.3. The van der Waals surface area contributed by atoms with Crippen molar-refractivity contribution in [3.63, 3.8) is 0 Å². The summed E-state index contributed by atoms with van der Waals surface area (Å²) in [6, 6.07) is 4.27. The lowest BCUT2D eigenvalue weighted by atomic mass is 10.2. The number of hydrogen-bond acceptors (Lipinski definition) is 2. The van der Waals surface area contributed by atoms with Crippen molar-refractivity contribution in [3.05, 3.63) is 52.8 Å². The van der Waals surface area contributed by atoms with Gasteiger partial charge in [-0.25, -0.2) is 0 Å². The molecule has 0 aliphatic heterocycles. The second kappa shape index (κ2) is 7.16. The average Bonchev–Trinajstić information content (AvgIpc) is 2.44. The molecule has 0 atom stereocenters. The molecule has 0 spiro atoms. The number of amides is 1. The van der Waals surface area contributed by atoms with Crippen LogP contribution in [0.2, 0.25) is 20.1 Å². The molecule has 0 heterocycles. The topological polar surface area (TPSA) is 49.3 Å². The van der Waals surface area contributed by atoms with Crippen LogP contribution in [-0.2, 0) is 0 Å². The molecular weight excluding hydrogens is 504 g/mol. The van der Waals surface area contributed by atoms with Crippen molar-refractivity contribution in [3.8, 4) is 5.75 Å². The van der Waals surface area contributed by atoms with Crippen LogP contribution in [0.25, 0.3) is 0 Å². The first kappa shape index (κ1) is 18.2. The van der Waals surface area contributed by atoms with Crippen LogP contribution in [0.4, 0.5) is 5.69 Å². The Bertz CT molecular complexity index is 760. The third-order valence-electron chi connectivity index (χ3n) is 2.63. The molecule has 0 fully saturated rings. The quantitative estimate of drug-likeness (QED) is 0.439. The molecule has 2 aromatic rings. The summed E-state index contributed by atoms with van der Waals surface area (Å²) in [5.41, 5.74) is 0.185. The number of anilines is 1. The standard InChI is InChI=1S/C13H5Br2Cl4NO2/c14-6-3-5(12(21)9(15)10(6)19)13(22)20-11-7(17)1-4(16)2-8(11)18/h1-3,21H,(H,20,22). The molecular formula is C13H5Br2Cl4NO2. The second-order valence-electron chi connectivity index (χ2n) is 4.08. The number of phenolic OH excluding ortho intramolecular Hbond substituents is 1. The zero-order valence-electron chi connectivity index (χ0n) is 10.4. The SMILES string of the molecule is O=C(Nc1c(Cl)cc(Cl)cc1Cl)c1cc(Br)c(Cl)c(Br)c1O. The van der Waals surface area contributed by atoms with Gasteiger partial charge in [0.15, 0.2) is 0 Å². The highest BCUT2D eigenvalue weighted by Gasteiger charge is 2.20. The Hall–Kier alpha value is -0.170. The van der Waals surface area contributed by atoms with E-state index in [1.807, 2.05) is 0 Å². The number of benzene rings is 2. The molecule has 0 aromatic heterocycles. The molecule has 3 nitrogen and oxygen atoms in total. The number of phenols is 1. The van der Waals surface area contributed by atoms with Gasteiger partial charge in [0, 0.05) is 9.50 Å². The van der Waals surface area contributed by atoms with Crippen molar-refractivity contribution < 1.29 is 9.90 Å². The molecule has 1 amide bonds. The number of hydrogen-bond donors (Lipinski definition) is 2. The van der Waals surface area contributed by atoms with Crippen LogP contribution < -0.4 is 5.32 Å². The smallest absolute Gasteiger partial charge is 0.259 e. The first-order chi connectivity index (χ1) is 10.2. The highest BCUT2D eigenvalue weighted by Crippen LogP contribution is 2.40. The Morgan fingerprint density at radius 3 is 2.14 bits per heavy atom. The van der Waals surface area contributed by atoms with Gasteiger partial charge < -0.3 is 10.4 Å². The van der Waals surface area contributed by atoms with Crippen LogP contribution in [0.1, 0.15) is 10.4 Å². The van der Waals surface area contributed by atoms with E-state index < -0.39 is 5.91 Å². The molecule has 2 N–H and O–H groups in total. The van der Waals surface area contributed by atoms with Crippen LogP contribution in [0.15, 0.2) is 27.1 Å². The van der Waals surface area contributed by atoms with Crippen molar-refractivity contribution in [1.82, 2.24) is 0 Å². The van der Waals surface area contributed by atoms with Crippen LogP contribution in [0, 0.1) is 0 Å². The summed E-state index contributed by atoms with van der Waals surface area (Å²) in [6.07, 6.45) is 0. The minimum atomic E-state index is -0.610. The van der Waals surface area contributed by atoms with Crippen molar-refractivity contribution in [2.24, 2.45) is 0 Å². The second-order valence-corrected chi connectivity index (χ2v) is 7.36. The fourth-order valence-corrected chi connectivity index (χ4v) is 3.78. The Balaban J connectivity index is 2.43. The molecule has 2 aromatic carbocycles. The maximum atomic E-state index is 12.3. The number of carbonyl (C=O) groups is 1. The van der Waals surface area contributed by atoms with Crippen molar-refractivity contribution in [1.29, 1.82) is 0 Å². The molecule has 0 aliphatic rings. The predicted octanol–water partition coefficient (Wildman–Crippen LogP) is 6.78. The highest BCUT2D eigenvalue weighted by atomic mass is 79.9. The van der Waals surface area contributed by atoms with Crippen LogP contribution >= 0.6 is 78.3 Å². The van der Waals surface area contributed by atoms with E-state index in [0.29, 0.717) is 9.50 Å². The van der Waals surface area contributed by atoms with Gasteiger partial charge in [-0.15, -0.1) is 0 Å². The minimum Gasteiger partial charge on any atom is -0.506 e. The molecule has 0 saturated heterocycles. The minimum absolute atomic E-state index is 0.00904. The van der Waals surface area contributed by atoms with Gasteiger partial charge in [0.05, 0.1) is 30.8 Å². The first-order valence-corrected chi connectivity index (χ1v) is 8.64. The average molecular weight is 509 g/mol. The first-order valence-electron chi connectivity index (χ1n) is 5.54. The van der Waals surface area contributed by atoms with E-state index in [2.05, 4.69) is 37.2 Å². The van der Waals surface area contributed by atoms with Crippen LogP contribution in [0.5, 0.6) is 5.75 Å². The van der Waals surface area contributed by atoms with Crippen molar-refractivity contribution in [2.75, 3.05) is 5.32 Å². The zero-order valence-corrected chi connectivity index (χ0v) is 16.6. The van der Waals surface area contributed by atoms with Crippen molar-refractivity contribution in [2.45, 2.75) is 0 Å². The predicted molar refractivity (Wildman–Crippen MR) is 97.9 cm³/mol. The molecule has 0 bridgehead atoms. The van der Waals surface area contributed by atoms with Crippen molar-refractivity contribution >= 4 is 89.9 Å². The van der Waals surface area contributed by atoms with Gasteiger partial charge in [0.2, 0.25) is 0 Å². The van der Waals surface area contributed by atoms with Gasteiger partial charge in [-0.05, 0) is 50.1 Å². The van der Waals surface area contributed by atoms with E-state index in [-0.39, 0.29) is 36.5 Å². The number of nitrogens with one attached hydrogen (secondary N) is 1. The monoisotopic (exact) mass is 505 g/mol. The Labute approximate surface area is 162 Å². The van der Waals surface area contributed by atoms with E-state index in [1.54, 1.807) is 0 Å². The maximum Gasteiger partial charge on any atom is 0.259 e. The summed E-state index contributed by atoms with van der Waals surface area (Å²) >= 11 is 30.1. The summed E-state index contributed by atoms with van der Waals surface area (Å²) in [5, 5.41) is 13.5. The normalized spacial score (nSPS) is 10.6. The molecule has 0 unspecified atom stereocenters. The summed E-state index contributed by atoms with van der Waals surface area (Å²) < 4.78 is 0.638. The van der Waals surface area contributed by atoms with E-state index in [1.165, 1.54) is 18.2 Å². The Morgan fingerprint density at radius 1 is 1.05 bits per heavy atom. The van der Waals surface area contributed by atoms with E-state index >= 15 is 0 Å².